The van der Waals surface area contributed by atoms with Gasteiger partial charge in [-0.25, -0.2) is 0 Å². The van der Waals surface area contributed by atoms with Crippen LogP contribution >= 0.6 is 12.4 Å². The number of likely N-dealkylation sites (tertiary alicyclic amines) is 1. The van der Waals surface area contributed by atoms with E-state index in [2.05, 4.69) is 5.32 Å². The van der Waals surface area contributed by atoms with Gasteiger partial charge in [0.05, 0.1) is 5.41 Å². The molecule has 0 spiro atoms. The zero-order valence-electron chi connectivity index (χ0n) is 16.3. The lowest BCUT2D eigenvalue weighted by Crippen LogP contribution is -2.57. The lowest BCUT2D eigenvalue weighted by molar-refractivity contribution is -0.162. The number of hydrogen-bond acceptors (Lipinski definition) is 3. The average molecular weight is 396 g/mol. The van der Waals surface area contributed by atoms with Gasteiger partial charge < -0.3 is 15.1 Å². The highest BCUT2D eigenvalue weighted by Gasteiger charge is 2.57. The summed E-state index contributed by atoms with van der Waals surface area (Å²) in [6.45, 7) is 4.28. The molecule has 4 saturated carbocycles. The van der Waals surface area contributed by atoms with Gasteiger partial charge >= 0.3 is 0 Å². The van der Waals surface area contributed by atoms with E-state index in [1.807, 2.05) is 9.80 Å². The number of halogens is 1. The van der Waals surface area contributed by atoms with E-state index in [1.165, 1.54) is 19.3 Å². The molecule has 0 aromatic rings. The molecule has 6 aliphatic rings. The van der Waals surface area contributed by atoms with Crippen LogP contribution in [0.1, 0.15) is 57.8 Å². The highest BCUT2D eigenvalue weighted by atomic mass is 35.5. The number of amides is 2. The standard InChI is InChI=1S/C21H33N3O2.ClH/c25-19(23-6-2-4-22-5-8-23)18-3-1-7-24(18)20(26)21-12-15-9-16(13-21)11-17(10-15)14-21;/h15-18,22H,1-14H2;1H. The first-order valence-electron chi connectivity index (χ1n) is 11.0. The minimum atomic E-state index is -0.186. The molecule has 6 heteroatoms. The first kappa shape index (κ1) is 19.5. The Morgan fingerprint density at radius 3 is 2.19 bits per heavy atom. The third-order valence-electron chi connectivity index (χ3n) is 7.94. The normalized spacial score (nSPS) is 40.6. The Bertz CT molecular complexity index is 553. The van der Waals surface area contributed by atoms with Crippen molar-refractivity contribution in [3.8, 4) is 0 Å². The van der Waals surface area contributed by atoms with E-state index < -0.39 is 0 Å². The summed E-state index contributed by atoms with van der Waals surface area (Å²) in [5.41, 5.74) is -0.113. The van der Waals surface area contributed by atoms with Crippen LogP contribution in [0.4, 0.5) is 0 Å². The quantitative estimate of drug-likeness (QED) is 0.781. The van der Waals surface area contributed by atoms with Crippen LogP contribution in [0, 0.1) is 23.2 Å². The molecule has 2 amide bonds. The van der Waals surface area contributed by atoms with Gasteiger partial charge in [0.2, 0.25) is 11.8 Å². The van der Waals surface area contributed by atoms with E-state index in [4.69, 9.17) is 0 Å². The number of carbonyl (C=O) groups is 2. The maximum Gasteiger partial charge on any atom is 0.245 e. The summed E-state index contributed by atoms with van der Waals surface area (Å²) in [7, 11) is 0. The lowest BCUT2D eigenvalue weighted by atomic mass is 9.49. The molecule has 1 unspecified atom stereocenters. The van der Waals surface area contributed by atoms with Crippen LogP contribution in [-0.2, 0) is 9.59 Å². The predicted molar refractivity (Wildman–Crippen MR) is 107 cm³/mol. The van der Waals surface area contributed by atoms with Crippen molar-refractivity contribution in [2.24, 2.45) is 23.2 Å². The van der Waals surface area contributed by atoms with Crippen molar-refractivity contribution in [1.29, 1.82) is 0 Å². The van der Waals surface area contributed by atoms with Gasteiger partial charge in [0.25, 0.3) is 0 Å². The minimum Gasteiger partial charge on any atom is -0.340 e. The topological polar surface area (TPSA) is 52.7 Å². The number of rotatable bonds is 2. The fourth-order valence-corrected chi connectivity index (χ4v) is 7.22. The van der Waals surface area contributed by atoms with Crippen LogP contribution in [0.3, 0.4) is 0 Å². The molecule has 152 valence electrons. The Morgan fingerprint density at radius 2 is 1.52 bits per heavy atom. The summed E-state index contributed by atoms with van der Waals surface area (Å²) in [6.07, 6.45) is 10.2. The molecule has 4 aliphatic carbocycles. The molecule has 27 heavy (non-hydrogen) atoms. The Hall–Kier alpha value is -0.810. The van der Waals surface area contributed by atoms with Gasteiger partial charge in [0.15, 0.2) is 0 Å². The van der Waals surface area contributed by atoms with Gasteiger partial charge in [-0.2, -0.15) is 0 Å². The summed E-state index contributed by atoms with van der Waals surface area (Å²) in [5.74, 6) is 2.89. The van der Waals surface area contributed by atoms with Crippen LogP contribution in [-0.4, -0.2) is 60.4 Å². The summed E-state index contributed by atoms with van der Waals surface area (Å²) >= 11 is 0. The van der Waals surface area contributed by atoms with E-state index in [-0.39, 0.29) is 29.8 Å². The molecule has 2 heterocycles. The highest BCUT2D eigenvalue weighted by Crippen LogP contribution is 2.60. The third-order valence-corrected chi connectivity index (χ3v) is 7.94. The molecule has 5 nitrogen and oxygen atoms in total. The second-order valence-corrected chi connectivity index (χ2v) is 9.78. The molecule has 6 rings (SSSR count). The van der Waals surface area contributed by atoms with Crippen molar-refractivity contribution in [2.75, 3.05) is 32.7 Å². The number of nitrogens with one attached hydrogen (secondary N) is 1. The Labute approximate surface area is 169 Å². The third kappa shape index (κ3) is 3.39. The lowest BCUT2D eigenvalue weighted by Gasteiger charge is -2.56. The molecule has 2 saturated heterocycles. The molecule has 6 fully saturated rings. The van der Waals surface area contributed by atoms with E-state index >= 15 is 0 Å². The van der Waals surface area contributed by atoms with Gasteiger partial charge in [-0.3, -0.25) is 9.59 Å². The summed E-state index contributed by atoms with van der Waals surface area (Å²) in [5, 5.41) is 3.37. The minimum absolute atomic E-state index is 0. The molecule has 1 N–H and O–H groups in total. The molecule has 0 aromatic heterocycles. The first-order chi connectivity index (χ1) is 12.6. The Morgan fingerprint density at radius 1 is 0.852 bits per heavy atom. The van der Waals surface area contributed by atoms with Gasteiger partial charge in [-0.05, 0) is 82.1 Å². The fourth-order valence-electron chi connectivity index (χ4n) is 7.22. The molecular weight excluding hydrogens is 362 g/mol. The van der Waals surface area contributed by atoms with Gasteiger partial charge in [-0.1, -0.05) is 0 Å². The maximum absolute atomic E-state index is 13.7. The highest BCUT2D eigenvalue weighted by molar-refractivity contribution is 5.91. The Kier molecular flexibility index (Phi) is 5.45. The van der Waals surface area contributed by atoms with E-state index in [0.29, 0.717) is 5.91 Å². The van der Waals surface area contributed by atoms with E-state index in [0.717, 1.165) is 89.0 Å². The second-order valence-electron chi connectivity index (χ2n) is 9.78. The zero-order valence-corrected chi connectivity index (χ0v) is 17.1. The zero-order chi connectivity index (χ0) is 17.7. The van der Waals surface area contributed by atoms with Crippen LogP contribution in [0.25, 0.3) is 0 Å². The Balaban J connectivity index is 0.00000180. The molecular formula is C21H34ClN3O2. The molecule has 1 atom stereocenters. The van der Waals surface area contributed by atoms with Crippen molar-refractivity contribution in [3.63, 3.8) is 0 Å². The fraction of sp³-hybridized carbons (Fsp3) is 0.905. The molecule has 0 aromatic carbocycles. The first-order valence-corrected chi connectivity index (χ1v) is 11.0. The summed E-state index contributed by atoms with van der Waals surface area (Å²) in [4.78, 5) is 30.9. The number of hydrogen-bond donors (Lipinski definition) is 1. The van der Waals surface area contributed by atoms with Crippen molar-refractivity contribution in [3.05, 3.63) is 0 Å². The van der Waals surface area contributed by atoms with Gasteiger partial charge in [-0.15, -0.1) is 12.4 Å². The SMILES string of the molecule is Cl.O=C(C1CCCN1C(=O)C12CC3CC(CC(C3)C1)C2)N1CCCNCC1. The number of nitrogens with zero attached hydrogens (tertiary/aromatic N) is 2. The molecule has 2 aliphatic heterocycles. The van der Waals surface area contributed by atoms with Crippen molar-refractivity contribution < 1.29 is 9.59 Å². The van der Waals surface area contributed by atoms with Crippen LogP contribution in [0.15, 0.2) is 0 Å². The average Bonchev–Trinajstić information content (AvgIpc) is 2.94. The smallest absolute Gasteiger partial charge is 0.245 e. The number of carbonyl (C=O) groups excluding carboxylic acids is 2. The second kappa shape index (κ2) is 7.55. The van der Waals surface area contributed by atoms with Crippen molar-refractivity contribution >= 4 is 24.2 Å². The summed E-state index contributed by atoms with van der Waals surface area (Å²) < 4.78 is 0. The van der Waals surface area contributed by atoms with Crippen LogP contribution in [0.2, 0.25) is 0 Å². The maximum atomic E-state index is 13.7. The van der Waals surface area contributed by atoms with Crippen molar-refractivity contribution in [2.45, 2.75) is 63.8 Å². The summed E-state index contributed by atoms with van der Waals surface area (Å²) in [6, 6.07) is -0.186. The molecule has 4 bridgehead atoms. The molecule has 0 radical (unpaired) electrons. The van der Waals surface area contributed by atoms with Gasteiger partial charge in [0.1, 0.15) is 6.04 Å². The van der Waals surface area contributed by atoms with Crippen LogP contribution in [0.5, 0.6) is 0 Å². The van der Waals surface area contributed by atoms with E-state index in [1.54, 1.807) is 0 Å². The van der Waals surface area contributed by atoms with E-state index in [9.17, 15) is 9.59 Å². The largest absolute Gasteiger partial charge is 0.340 e. The predicted octanol–water partition coefficient (Wildman–Crippen LogP) is 2.44. The van der Waals surface area contributed by atoms with Gasteiger partial charge in [0, 0.05) is 26.2 Å². The van der Waals surface area contributed by atoms with Crippen molar-refractivity contribution in [1.82, 2.24) is 15.1 Å². The van der Waals surface area contributed by atoms with Crippen LogP contribution < -0.4 is 5.32 Å². The monoisotopic (exact) mass is 395 g/mol.